The van der Waals surface area contributed by atoms with Gasteiger partial charge in [-0.1, -0.05) is 27.7 Å². The van der Waals surface area contributed by atoms with Gasteiger partial charge in [0.25, 0.3) is 0 Å². The molecule has 0 spiro atoms. The van der Waals surface area contributed by atoms with Gasteiger partial charge in [0.1, 0.15) is 5.76 Å². The molecule has 1 atom stereocenters. The van der Waals surface area contributed by atoms with Crippen molar-refractivity contribution < 1.29 is 4.42 Å². The van der Waals surface area contributed by atoms with E-state index >= 15 is 0 Å². The summed E-state index contributed by atoms with van der Waals surface area (Å²) in [5.74, 6) is 1.01. The fraction of sp³-hybridized carbons (Fsp3) is 0.667. The summed E-state index contributed by atoms with van der Waals surface area (Å²) in [4.78, 5) is 0. The maximum atomic E-state index is 5.28. The number of hydrogen-bond donors (Lipinski definition) is 1. The molecule has 0 aromatic carbocycles. The van der Waals surface area contributed by atoms with Crippen molar-refractivity contribution in [3.63, 3.8) is 0 Å². The Morgan fingerprint density at radius 3 is 2.47 bits per heavy atom. The Hall–Kier alpha value is -0.470. The Balaban J connectivity index is 0.00000196. The van der Waals surface area contributed by atoms with E-state index in [1.54, 1.807) is 6.26 Å². The topological polar surface area (TPSA) is 25.2 Å². The van der Waals surface area contributed by atoms with E-state index in [4.69, 9.17) is 4.42 Å². The molecule has 0 amide bonds. The van der Waals surface area contributed by atoms with Gasteiger partial charge in [-0.2, -0.15) is 0 Å². The van der Waals surface area contributed by atoms with E-state index < -0.39 is 0 Å². The van der Waals surface area contributed by atoms with Crippen molar-refractivity contribution in [3.05, 3.63) is 24.2 Å². The molecule has 0 saturated carbocycles. The van der Waals surface area contributed by atoms with Crippen molar-refractivity contribution in [3.8, 4) is 0 Å². The highest BCUT2D eigenvalue weighted by atomic mass is 35.5. The second-order valence-corrected chi connectivity index (χ2v) is 4.79. The van der Waals surface area contributed by atoms with Crippen molar-refractivity contribution in [2.24, 2.45) is 5.41 Å². The van der Waals surface area contributed by atoms with Crippen molar-refractivity contribution in [1.82, 2.24) is 5.32 Å². The highest BCUT2D eigenvalue weighted by molar-refractivity contribution is 5.85. The minimum absolute atomic E-state index is 0. The Kier molecular flexibility index (Phi) is 5.99. The second-order valence-electron chi connectivity index (χ2n) is 4.79. The maximum Gasteiger partial charge on any atom is 0.117 e. The molecular weight excluding hydrogens is 210 g/mol. The molecule has 0 saturated heterocycles. The molecule has 1 aromatic heterocycles. The second kappa shape index (κ2) is 6.19. The van der Waals surface area contributed by atoms with Gasteiger partial charge in [0, 0.05) is 6.04 Å². The van der Waals surface area contributed by atoms with Crippen LogP contribution < -0.4 is 5.32 Å². The fourth-order valence-electron chi connectivity index (χ4n) is 1.70. The molecule has 1 unspecified atom stereocenters. The largest absolute Gasteiger partial charge is 0.468 e. The third kappa shape index (κ3) is 4.72. The van der Waals surface area contributed by atoms with Crippen LogP contribution in [0.3, 0.4) is 0 Å². The standard InChI is InChI=1S/C12H21NO.ClH/c1-5-11(12(2,3)4)13-9-10-7-6-8-14-10;/h6-8,11,13H,5,9H2,1-4H3;1H. The molecule has 3 heteroatoms. The lowest BCUT2D eigenvalue weighted by Gasteiger charge is -2.30. The first-order chi connectivity index (χ1) is 6.54. The third-order valence-corrected chi connectivity index (χ3v) is 2.56. The van der Waals surface area contributed by atoms with Gasteiger partial charge in [0.2, 0.25) is 0 Å². The first-order valence-electron chi connectivity index (χ1n) is 5.29. The van der Waals surface area contributed by atoms with E-state index in [2.05, 4.69) is 33.0 Å². The lowest BCUT2D eigenvalue weighted by molar-refractivity contribution is 0.254. The summed E-state index contributed by atoms with van der Waals surface area (Å²) in [6.07, 6.45) is 2.86. The van der Waals surface area contributed by atoms with Crippen LogP contribution in [-0.2, 0) is 6.54 Å². The van der Waals surface area contributed by atoms with Gasteiger partial charge in [-0.25, -0.2) is 0 Å². The minimum Gasteiger partial charge on any atom is -0.468 e. The molecule has 15 heavy (non-hydrogen) atoms. The molecule has 1 N–H and O–H groups in total. The molecule has 0 aliphatic rings. The first kappa shape index (κ1) is 14.5. The number of halogens is 1. The Labute approximate surface area is 98.8 Å². The number of furan rings is 1. The van der Waals surface area contributed by atoms with Gasteiger partial charge < -0.3 is 9.73 Å². The zero-order valence-electron chi connectivity index (χ0n) is 10.0. The summed E-state index contributed by atoms with van der Waals surface area (Å²) in [5.41, 5.74) is 0.307. The minimum atomic E-state index is 0. The predicted octanol–water partition coefficient (Wildman–Crippen LogP) is 3.62. The maximum absolute atomic E-state index is 5.28. The van der Waals surface area contributed by atoms with E-state index in [0.29, 0.717) is 11.5 Å². The SMILES string of the molecule is CCC(NCc1ccco1)C(C)(C)C.Cl. The summed E-state index contributed by atoms with van der Waals surface area (Å²) in [6.45, 7) is 9.82. The molecule has 1 rings (SSSR count). The number of rotatable bonds is 4. The number of nitrogens with one attached hydrogen (secondary N) is 1. The average molecular weight is 232 g/mol. The van der Waals surface area contributed by atoms with Crippen LogP contribution in [0.4, 0.5) is 0 Å². The van der Waals surface area contributed by atoms with E-state index in [1.807, 2.05) is 12.1 Å². The Bertz CT molecular complexity index is 251. The molecule has 2 nitrogen and oxygen atoms in total. The molecule has 1 aromatic rings. The zero-order chi connectivity index (χ0) is 10.6. The predicted molar refractivity (Wildman–Crippen MR) is 66.3 cm³/mol. The van der Waals surface area contributed by atoms with Crippen LogP contribution in [-0.4, -0.2) is 6.04 Å². The van der Waals surface area contributed by atoms with E-state index in [0.717, 1.165) is 18.7 Å². The van der Waals surface area contributed by atoms with Gasteiger partial charge in [0.05, 0.1) is 12.8 Å². The smallest absolute Gasteiger partial charge is 0.117 e. The van der Waals surface area contributed by atoms with Crippen molar-refractivity contribution in [2.75, 3.05) is 0 Å². The molecule has 0 bridgehead atoms. The van der Waals surface area contributed by atoms with Gasteiger partial charge in [-0.05, 0) is 24.0 Å². The Morgan fingerprint density at radius 1 is 1.40 bits per heavy atom. The van der Waals surface area contributed by atoms with Crippen LogP contribution in [0.5, 0.6) is 0 Å². The molecule has 1 heterocycles. The van der Waals surface area contributed by atoms with Crippen molar-refractivity contribution in [1.29, 1.82) is 0 Å². The first-order valence-corrected chi connectivity index (χ1v) is 5.29. The average Bonchev–Trinajstić information content (AvgIpc) is 2.55. The van der Waals surface area contributed by atoms with Crippen LogP contribution >= 0.6 is 12.4 Å². The zero-order valence-corrected chi connectivity index (χ0v) is 10.9. The van der Waals surface area contributed by atoms with E-state index in [1.165, 1.54) is 0 Å². The van der Waals surface area contributed by atoms with Gasteiger partial charge in [0.15, 0.2) is 0 Å². The lowest BCUT2D eigenvalue weighted by atomic mass is 9.85. The lowest BCUT2D eigenvalue weighted by Crippen LogP contribution is -2.39. The number of hydrogen-bond acceptors (Lipinski definition) is 2. The Morgan fingerprint density at radius 2 is 2.07 bits per heavy atom. The summed E-state index contributed by atoms with van der Waals surface area (Å²) >= 11 is 0. The van der Waals surface area contributed by atoms with Gasteiger partial charge in [-0.15, -0.1) is 12.4 Å². The van der Waals surface area contributed by atoms with Crippen LogP contribution in [0.15, 0.2) is 22.8 Å². The molecule has 88 valence electrons. The van der Waals surface area contributed by atoms with Crippen LogP contribution in [0, 0.1) is 5.41 Å². The third-order valence-electron chi connectivity index (χ3n) is 2.56. The molecular formula is C12H22ClNO. The highest BCUT2D eigenvalue weighted by Crippen LogP contribution is 2.21. The van der Waals surface area contributed by atoms with Crippen molar-refractivity contribution in [2.45, 2.75) is 46.7 Å². The van der Waals surface area contributed by atoms with E-state index in [9.17, 15) is 0 Å². The molecule has 0 aliphatic carbocycles. The molecule has 0 fully saturated rings. The van der Waals surface area contributed by atoms with Gasteiger partial charge in [-0.3, -0.25) is 0 Å². The van der Waals surface area contributed by atoms with E-state index in [-0.39, 0.29) is 12.4 Å². The van der Waals surface area contributed by atoms with Crippen molar-refractivity contribution >= 4 is 12.4 Å². The van der Waals surface area contributed by atoms with Crippen LogP contribution in [0.1, 0.15) is 39.9 Å². The summed E-state index contributed by atoms with van der Waals surface area (Å²) in [5, 5.41) is 3.52. The monoisotopic (exact) mass is 231 g/mol. The van der Waals surface area contributed by atoms with Crippen LogP contribution in [0.25, 0.3) is 0 Å². The van der Waals surface area contributed by atoms with Crippen LogP contribution in [0.2, 0.25) is 0 Å². The quantitative estimate of drug-likeness (QED) is 0.857. The van der Waals surface area contributed by atoms with Gasteiger partial charge >= 0.3 is 0 Å². The molecule has 0 aliphatic heterocycles. The highest BCUT2D eigenvalue weighted by Gasteiger charge is 2.22. The normalized spacial score (nSPS) is 13.3. The fourth-order valence-corrected chi connectivity index (χ4v) is 1.70. The molecule has 0 radical (unpaired) electrons. The summed E-state index contributed by atoms with van der Waals surface area (Å²) in [6, 6.07) is 4.46. The summed E-state index contributed by atoms with van der Waals surface area (Å²) < 4.78 is 5.28. The summed E-state index contributed by atoms with van der Waals surface area (Å²) in [7, 11) is 0.